The summed E-state index contributed by atoms with van der Waals surface area (Å²) in [6.07, 6.45) is 0.816. The van der Waals surface area contributed by atoms with E-state index in [-0.39, 0.29) is 12.5 Å². The van der Waals surface area contributed by atoms with Crippen molar-refractivity contribution >= 4 is 0 Å². The first-order valence-corrected chi connectivity index (χ1v) is 5.44. The van der Waals surface area contributed by atoms with Gasteiger partial charge in [-0.15, -0.1) is 0 Å². The van der Waals surface area contributed by atoms with Crippen LogP contribution in [0.1, 0.15) is 34.1 Å². The molecule has 0 rings (SSSR count). The van der Waals surface area contributed by atoms with Crippen molar-refractivity contribution < 1.29 is 10.2 Å². The molecule has 0 aromatic carbocycles. The van der Waals surface area contributed by atoms with Crippen molar-refractivity contribution in [3.05, 3.63) is 0 Å². The van der Waals surface area contributed by atoms with Crippen LogP contribution in [0.3, 0.4) is 0 Å². The SMILES string of the molecule is CC(CCO)CNCC(C)(O)C(C)C. The number of hydrogen-bond donors (Lipinski definition) is 3. The van der Waals surface area contributed by atoms with Gasteiger partial charge < -0.3 is 15.5 Å². The van der Waals surface area contributed by atoms with E-state index in [4.69, 9.17) is 5.11 Å². The van der Waals surface area contributed by atoms with E-state index < -0.39 is 5.60 Å². The van der Waals surface area contributed by atoms with Crippen molar-refractivity contribution in [2.24, 2.45) is 11.8 Å². The molecule has 0 bridgehead atoms. The first-order chi connectivity index (χ1) is 6.40. The lowest BCUT2D eigenvalue weighted by Crippen LogP contribution is -2.43. The fraction of sp³-hybridized carbons (Fsp3) is 1.00. The van der Waals surface area contributed by atoms with Crippen molar-refractivity contribution in [2.45, 2.75) is 39.7 Å². The zero-order chi connectivity index (χ0) is 11.2. The van der Waals surface area contributed by atoms with E-state index in [1.807, 2.05) is 20.8 Å². The topological polar surface area (TPSA) is 52.5 Å². The number of aliphatic hydroxyl groups is 2. The average molecular weight is 203 g/mol. The second-order valence-corrected chi connectivity index (χ2v) is 4.76. The smallest absolute Gasteiger partial charge is 0.0766 e. The van der Waals surface area contributed by atoms with Crippen molar-refractivity contribution in [2.75, 3.05) is 19.7 Å². The normalized spacial score (nSPS) is 18.2. The molecule has 0 aliphatic heterocycles. The minimum atomic E-state index is -0.640. The van der Waals surface area contributed by atoms with Gasteiger partial charge in [-0.1, -0.05) is 20.8 Å². The quantitative estimate of drug-likeness (QED) is 0.578. The van der Waals surface area contributed by atoms with Crippen LogP contribution in [-0.4, -0.2) is 35.5 Å². The Morgan fingerprint density at radius 3 is 2.29 bits per heavy atom. The van der Waals surface area contributed by atoms with Crippen LogP contribution in [0, 0.1) is 11.8 Å². The summed E-state index contributed by atoms with van der Waals surface area (Å²) in [6.45, 7) is 9.67. The van der Waals surface area contributed by atoms with Gasteiger partial charge in [-0.25, -0.2) is 0 Å². The van der Waals surface area contributed by atoms with Crippen LogP contribution in [0.15, 0.2) is 0 Å². The third kappa shape index (κ3) is 5.58. The molecule has 2 atom stereocenters. The Labute approximate surface area is 87.5 Å². The summed E-state index contributed by atoms with van der Waals surface area (Å²) in [7, 11) is 0. The number of rotatable bonds is 7. The molecule has 0 saturated heterocycles. The molecule has 3 N–H and O–H groups in total. The summed E-state index contributed by atoms with van der Waals surface area (Å²) in [4.78, 5) is 0. The minimum absolute atomic E-state index is 0.240. The lowest BCUT2D eigenvalue weighted by molar-refractivity contribution is 0.0136. The maximum absolute atomic E-state index is 9.92. The van der Waals surface area contributed by atoms with Gasteiger partial charge in [-0.2, -0.15) is 0 Å². The lowest BCUT2D eigenvalue weighted by Gasteiger charge is -2.28. The Hall–Kier alpha value is -0.120. The molecule has 0 spiro atoms. The Morgan fingerprint density at radius 2 is 1.86 bits per heavy atom. The van der Waals surface area contributed by atoms with Gasteiger partial charge in [-0.3, -0.25) is 0 Å². The molecule has 0 heterocycles. The standard InChI is InChI=1S/C11H25NO2/c1-9(2)11(4,14)8-12-7-10(3)5-6-13/h9-10,12-14H,5-8H2,1-4H3. The average Bonchev–Trinajstić information content (AvgIpc) is 2.04. The fourth-order valence-electron chi connectivity index (χ4n) is 1.10. The third-order valence-corrected chi connectivity index (χ3v) is 2.84. The molecule has 3 nitrogen and oxygen atoms in total. The first-order valence-electron chi connectivity index (χ1n) is 5.44. The summed E-state index contributed by atoms with van der Waals surface area (Å²) < 4.78 is 0. The summed E-state index contributed by atoms with van der Waals surface area (Å²) in [5.41, 5.74) is -0.640. The van der Waals surface area contributed by atoms with Crippen LogP contribution in [0.5, 0.6) is 0 Å². The monoisotopic (exact) mass is 203 g/mol. The predicted octanol–water partition coefficient (Wildman–Crippen LogP) is 1.00. The molecule has 14 heavy (non-hydrogen) atoms. The highest BCUT2D eigenvalue weighted by atomic mass is 16.3. The number of nitrogens with one attached hydrogen (secondary N) is 1. The van der Waals surface area contributed by atoms with Gasteiger partial charge in [0.2, 0.25) is 0 Å². The molecule has 0 amide bonds. The predicted molar refractivity (Wildman–Crippen MR) is 59.2 cm³/mol. The van der Waals surface area contributed by atoms with E-state index in [9.17, 15) is 5.11 Å². The van der Waals surface area contributed by atoms with Crippen molar-refractivity contribution in [1.29, 1.82) is 0 Å². The van der Waals surface area contributed by atoms with Crippen LogP contribution >= 0.6 is 0 Å². The summed E-state index contributed by atoms with van der Waals surface area (Å²) in [5, 5.41) is 21.9. The Morgan fingerprint density at radius 1 is 1.29 bits per heavy atom. The molecule has 0 fully saturated rings. The molecule has 0 radical (unpaired) electrons. The largest absolute Gasteiger partial charge is 0.396 e. The van der Waals surface area contributed by atoms with Gasteiger partial charge in [0.1, 0.15) is 0 Å². The fourth-order valence-corrected chi connectivity index (χ4v) is 1.10. The van der Waals surface area contributed by atoms with E-state index in [2.05, 4.69) is 12.2 Å². The highest BCUT2D eigenvalue weighted by Crippen LogP contribution is 2.14. The van der Waals surface area contributed by atoms with Gasteiger partial charge in [0.25, 0.3) is 0 Å². The van der Waals surface area contributed by atoms with Gasteiger partial charge >= 0.3 is 0 Å². The van der Waals surface area contributed by atoms with E-state index in [1.165, 1.54) is 0 Å². The Bertz CT molecular complexity index is 146. The van der Waals surface area contributed by atoms with Crippen LogP contribution in [-0.2, 0) is 0 Å². The number of hydrogen-bond acceptors (Lipinski definition) is 3. The molecular weight excluding hydrogens is 178 g/mol. The molecule has 0 aromatic rings. The van der Waals surface area contributed by atoms with E-state index in [0.717, 1.165) is 13.0 Å². The van der Waals surface area contributed by atoms with Crippen LogP contribution in [0.2, 0.25) is 0 Å². The molecule has 0 aliphatic rings. The van der Waals surface area contributed by atoms with Crippen molar-refractivity contribution in [1.82, 2.24) is 5.32 Å². The second-order valence-electron chi connectivity index (χ2n) is 4.76. The van der Waals surface area contributed by atoms with E-state index >= 15 is 0 Å². The van der Waals surface area contributed by atoms with Crippen LogP contribution in [0.25, 0.3) is 0 Å². The summed E-state index contributed by atoms with van der Waals surface area (Å²) in [5.74, 6) is 0.714. The van der Waals surface area contributed by atoms with Gasteiger partial charge in [0.15, 0.2) is 0 Å². The van der Waals surface area contributed by atoms with Crippen LogP contribution in [0.4, 0.5) is 0 Å². The molecule has 0 aliphatic carbocycles. The molecule has 86 valence electrons. The summed E-state index contributed by atoms with van der Waals surface area (Å²) >= 11 is 0. The van der Waals surface area contributed by atoms with Gasteiger partial charge in [-0.05, 0) is 31.7 Å². The molecule has 0 saturated carbocycles. The second kappa shape index (κ2) is 6.38. The van der Waals surface area contributed by atoms with Gasteiger partial charge in [0.05, 0.1) is 5.60 Å². The molecule has 2 unspecified atom stereocenters. The van der Waals surface area contributed by atoms with Gasteiger partial charge in [0, 0.05) is 13.2 Å². The van der Waals surface area contributed by atoms with E-state index in [1.54, 1.807) is 0 Å². The van der Waals surface area contributed by atoms with E-state index in [0.29, 0.717) is 12.5 Å². The zero-order valence-electron chi connectivity index (χ0n) is 9.88. The van der Waals surface area contributed by atoms with Crippen molar-refractivity contribution in [3.63, 3.8) is 0 Å². The van der Waals surface area contributed by atoms with Crippen molar-refractivity contribution in [3.8, 4) is 0 Å². The molecule has 0 aromatic heterocycles. The summed E-state index contributed by atoms with van der Waals surface area (Å²) in [6, 6.07) is 0. The first kappa shape index (κ1) is 13.9. The highest BCUT2D eigenvalue weighted by Gasteiger charge is 2.24. The number of aliphatic hydroxyl groups excluding tert-OH is 1. The lowest BCUT2D eigenvalue weighted by atomic mass is 9.92. The van der Waals surface area contributed by atoms with Crippen LogP contribution < -0.4 is 5.32 Å². The minimum Gasteiger partial charge on any atom is -0.396 e. The Balaban J connectivity index is 3.62. The third-order valence-electron chi connectivity index (χ3n) is 2.84. The highest BCUT2D eigenvalue weighted by molar-refractivity contribution is 4.79. The molecule has 3 heteroatoms. The maximum Gasteiger partial charge on any atom is 0.0766 e. The molecular formula is C11H25NO2. The zero-order valence-corrected chi connectivity index (χ0v) is 9.88. The Kier molecular flexibility index (Phi) is 6.33. The maximum atomic E-state index is 9.92.